The Morgan fingerprint density at radius 2 is 1.80 bits per heavy atom. The third-order valence-electron chi connectivity index (χ3n) is 3.87. The van der Waals surface area contributed by atoms with Gasteiger partial charge in [0.1, 0.15) is 5.75 Å². The second-order valence-electron chi connectivity index (χ2n) is 5.96. The molecule has 0 aliphatic carbocycles. The number of hydrogen-bond donors (Lipinski definition) is 1. The van der Waals surface area contributed by atoms with E-state index in [1.165, 1.54) is 16.9 Å². The molecule has 1 aromatic heterocycles. The summed E-state index contributed by atoms with van der Waals surface area (Å²) in [6, 6.07) is 16.3. The fourth-order valence-corrected chi connectivity index (χ4v) is 3.02. The van der Waals surface area contributed by atoms with Crippen LogP contribution in [0.5, 0.6) is 5.75 Å². The highest BCUT2D eigenvalue weighted by molar-refractivity contribution is 7.14. The summed E-state index contributed by atoms with van der Waals surface area (Å²) in [4.78, 5) is 4.56. The molecule has 0 unspecified atom stereocenters. The molecule has 0 saturated carbocycles. The van der Waals surface area contributed by atoms with Crippen LogP contribution in [0.25, 0.3) is 11.3 Å². The molecule has 0 spiro atoms. The molecule has 1 heterocycles. The second kappa shape index (κ2) is 7.94. The summed E-state index contributed by atoms with van der Waals surface area (Å²) in [5.74, 6) is 1.38. The highest BCUT2D eigenvalue weighted by Crippen LogP contribution is 2.26. The van der Waals surface area contributed by atoms with Crippen molar-refractivity contribution in [3.8, 4) is 17.0 Å². The van der Waals surface area contributed by atoms with Crippen LogP contribution in [0.2, 0.25) is 0 Å². The van der Waals surface area contributed by atoms with E-state index in [0.717, 1.165) is 27.7 Å². The molecule has 0 amide bonds. The minimum atomic E-state index is 0.538. The highest BCUT2D eigenvalue weighted by atomic mass is 32.1. The lowest BCUT2D eigenvalue weighted by Crippen LogP contribution is -1.91. The van der Waals surface area contributed by atoms with E-state index in [2.05, 4.69) is 53.6 Å². The summed E-state index contributed by atoms with van der Waals surface area (Å²) < 4.78 is 5.18. The molecule has 2 aromatic carbocycles. The molecule has 0 bridgehead atoms. The summed E-state index contributed by atoms with van der Waals surface area (Å²) in [5.41, 5.74) is 7.36. The summed E-state index contributed by atoms with van der Waals surface area (Å²) in [6.07, 6.45) is 1.80. The van der Waals surface area contributed by atoms with Crippen molar-refractivity contribution in [2.24, 2.45) is 5.10 Å². The number of rotatable bonds is 6. The number of hydrogen-bond acceptors (Lipinski definition) is 5. The lowest BCUT2D eigenvalue weighted by molar-refractivity contribution is 0.415. The Morgan fingerprint density at radius 1 is 1.08 bits per heavy atom. The highest BCUT2D eigenvalue weighted by Gasteiger charge is 2.04. The van der Waals surface area contributed by atoms with Crippen LogP contribution in [-0.4, -0.2) is 18.3 Å². The number of methoxy groups -OCH3 is 1. The number of hydrazone groups is 1. The number of anilines is 1. The smallest absolute Gasteiger partial charge is 0.203 e. The van der Waals surface area contributed by atoms with Crippen LogP contribution >= 0.6 is 11.3 Å². The fourth-order valence-electron chi connectivity index (χ4n) is 2.35. The predicted octanol–water partition coefficient (Wildman–Crippen LogP) is 5.39. The molecule has 3 aromatic rings. The topological polar surface area (TPSA) is 46.5 Å². The van der Waals surface area contributed by atoms with Gasteiger partial charge in [-0.15, -0.1) is 11.3 Å². The first-order chi connectivity index (χ1) is 12.2. The Kier molecular flexibility index (Phi) is 5.46. The van der Waals surface area contributed by atoms with Gasteiger partial charge in [-0.1, -0.05) is 38.1 Å². The average molecular weight is 351 g/mol. The summed E-state index contributed by atoms with van der Waals surface area (Å²) in [5, 5.41) is 7.05. The van der Waals surface area contributed by atoms with Gasteiger partial charge >= 0.3 is 0 Å². The van der Waals surface area contributed by atoms with Crippen molar-refractivity contribution < 1.29 is 4.74 Å². The SMILES string of the molecule is COc1ccc(-c2csc(NN=Cc3ccc(C(C)C)cc3)n2)cc1. The predicted molar refractivity (Wildman–Crippen MR) is 106 cm³/mol. The van der Waals surface area contributed by atoms with Gasteiger partial charge in [-0.25, -0.2) is 4.98 Å². The number of thiazole rings is 1. The lowest BCUT2D eigenvalue weighted by Gasteiger charge is -2.04. The molecule has 0 aliphatic heterocycles. The van der Waals surface area contributed by atoms with Gasteiger partial charge in [0.05, 0.1) is 19.0 Å². The quantitative estimate of drug-likeness (QED) is 0.478. The zero-order valence-corrected chi connectivity index (χ0v) is 15.4. The van der Waals surface area contributed by atoms with Crippen molar-refractivity contribution in [3.05, 3.63) is 65.0 Å². The fraction of sp³-hybridized carbons (Fsp3) is 0.200. The zero-order chi connectivity index (χ0) is 17.6. The van der Waals surface area contributed by atoms with Crippen molar-refractivity contribution in [3.63, 3.8) is 0 Å². The van der Waals surface area contributed by atoms with Gasteiger partial charge in [0.15, 0.2) is 0 Å². The van der Waals surface area contributed by atoms with Crippen LogP contribution in [0.3, 0.4) is 0 Å². The van der Waals surface area contributed by atoms with E-state index in [-0.39, 0.29) is 0 Å². The van der Waals surface area contributed by atoms with E-state index in [4.69, 9.17) is 4.74 Å². The normalized spacial score (nSPS) is 11.2. The molecule has 3 rings (SSSR count). The number of benzene rings is 2. The van der Waals surface area contributed by atoms with Crippen LogP contribution < -0.4 is 10.2 Å². The Morgan fingerprint density at radius 3 is 2.44 bits per heavy atom. The first kappa shape index (κ1) is 17.2. The molecular weight excluding hydrogens is 330 g/mol. The van der Waals surface area contributed by atoms with Crippen molar-refractivity contribution in [1.29, 1.82) is 0 Å². The number of nitrogens with zero attached hydrogens (tertiary/aromatic N) is 2. The molecule has 25 heavy (non-hydrogen) atoms. The molecule has 5 heteroatoms. The molecule has 1 N–H and O–H groups in total. The molecule has 128 valence electrons. The van der Waals surface area contributed by atoms with Crippen LogP contribution in [-0.2, 0) is 0 Å². The Labute approximate surface area is 152 Å². The summed E-state index contributed by atoms with van der Waals surface area (Å²) in [7, 11) is 1.66. The Hall–Kier alpha value is -2.66. The van der Waals surface area contributed by atoms with Gasteiger partial charge in [-0.2, -0.15) is 5.10 Å². The minimum Gasteiger partial charge on any atom is -0.497 e. The van der Waals surface area contributed by atoms with E-state index in [0.29, 0.717) is 5.92 Å². The van der Waals surface area contributed by atoms with E-state index in [1.807, 2.05) is 29.6 Å². The van der Waals surface area contributed by atoms with Crippen LogP contribution in [0.1, 0.15) is 30.9 Å². The van der Waals surface area contributed by atoms with Crippen molar-refractivity contribution >= 4 is 22.7 Å². The number of nitrogens with one attached hydrogen (secondary N) is 1. The van der Waals surface area contributed by atoms with Gasteiger partial charge in [-0.3, -0.25) is 5.43 Å². The van der Waals surface area contributed by atoms with Gasteiger partial charge < -0.3 is 4.74 Å². The monoisotopic (exact) mass is 351 g/mol. The number of ether oxygens (including phenoxy) is 1. The third kappa shape index (κ3) is 4.45. The molecule has 0 saturated heterocycles. The second-order valence-corrected chi connectivity index (χ2v) is 6.82. The van der Waals surface area contributed by atoms with E-state index in [9.17, 15) is 0 Å². The van der Waals surface area contributed by atoms with Crippen LogP contribution in [0.4, 0.5) is 5.13 Å². The largest absolute Gasteiger partial charge is 0.497 e. The van der Waals surface area contributed by atoms with Gasteiger partial charge in [0.25, 0.3) is 0 Å². The molecule has 4 nitrogen and oxygen atoms in total. The van der Waals surface area contributed by atoms with E-state index >= 15 is 0 Å². The maximum absolute atomic E-state index is 5.18. The van der Waals surface area contributed by atoms with E-state index < -0.39 is 0 Å². The Bertz CT molecular complexity index is 836. The Balaban J connectivity index is 1.62. The maximum atomic E-state index is 5.18. The average Bonchev–Trinajstić information content (AvgIpc) is 3.11. The minimum absolute atomic E-state index is 0.538. The van der Waals surface area contributed by atoms with E-state index in [1.54, 1.807) is 13.3 Å². The number of aromatic nitrogens is 1. The lowest BCUT2D eigenvalue weighted by atomic mass is 10.0. The third-order valence-corrected chi connectivity index (χ3v) is 4.61. The zero-order valence-electron chi connectivity index (χ0n) is 14.6. The first-order valence-corrected chi connectivity index (χ1v) is 9.02. The van der Waals surface area contributed by atoms with Crippen molar-refractivity contribution in [2.45, 2.75) is 19.8 Å². The van der Waals surface area contributed by atoms with Gasteiger partial charge in [-0.05, 0) is 41.3 Å². The summed E-state index contributed by atoms with van der Waals surface area (Å²) >= 11 is 1.53. The molecule has 0 atom stereocenters. The standard InChI is InChI=1S/C20H21N3OS/c1-14(2)16-6-4-15(5-7-16)12-21-23-20-22-19(13-25-20)17-8-10-18(24-3)11-9-17/h4-14H,1-3H3,(H,22,23). The molecule has 0 radical (unpaired) electrons. The summed E-state index contributed by atoms with van der Waals surface area (Å²) in [6.45, 7) is 4.38. The maximum Gasteiger partial charge on any atom is 0.203 e. The van der Waals surface area contributed by atoms with Crippen molar-refractivity contribution in [1.82, 2.24) is 4.98 Å². The van der Waals surface area contributed by atoms with Gasteiger partial charge in [0.2, 0.25) is 5.13 Å². The van der Waals surface area contributed by atoms with Crippen molar-refractivity contribution in [2.75, 3.05) is 12.5 Å². The van der Waals surface area contributed by atoms with Crippen LogP contribution in [0.15, 0.2) is 59.0 Å². The van der Waals surface area contributed by atoms with Crippen LogP contribution in [0, 0.1) is 0 Å². The molecular formula is C20H21N3OS. The molecule has 0 aliphatic rings. The first-order valence-electron chi connectivity index (χ1n) is 8.14. The van der Waals surface area contributed by atoms with Gasteiger partial charge in [0, 0.05) is 10.9 Å². The molecule has 0 fully saturated rings.